The monoisotopic (exact) mass is 491 g/mol. The van der Waals surface area contributed by atoms with Gasteiger partial charge >= 0.3 is 0 Å². The number of carbonyl (C=O) groups is 2. The summed E-state index contributed by atoms with van der Waals surface area (Å²) in [6.45, 7) is 0. The molecule has 2 N–H and O–H groups in total. The summed E-state index contributed by atoms with van der Waals surface area (Å²) in [6.07, 6.45) is 0. The van der Waals surface area contributed by atoms with Crippen LogP contribution in [0.2, 0.25) is 5.02 Å². The summed E-state index contributed by atoms with van der Waals surface area (Å²) < 4.78 is 1.89. The number of likely N-dealkylation sites (N-methyl/N-ethyl adjacent to an activating group) is 1. The maximum Gasteiger partial charge on any atom is 0.246 e. The molecule has 4 rings (SSSR count). The van der Waals surface area contributed by atoms with E-state index in [-0.39, 0.29) is 17.6 Å². The van der Waals surface area contributed by atoms with Crippen LogP contribution >= 0.6 is 23.4 Å². The summed E-state index contributed by atoms with van der Waals surface area (Å²) in [5, 5.41) is 15.3. The zero-order valence-electron chi connectivity index (χ0n) is 18.3. The quantitative estimate of drug-likeness (QED) is 0.359. The molecule has 1 unspecified atom stereocenters. The molecule has 2 amide bonds. The van der Waals surface area contributed by atoms with Crippen molar-refractivity contribution < 1.29 is 9.59 Å². The summed E-state index contributed by atoms with van der Waals surface area (Å²) in [6, 6.07) is 25.4. The standard InChI is InChI=1S/C25H22ClN5O2S/c1-27-24(33)22(17-8-4-2-5-9-17)28-21(32)16-34-25-30-29-23(18-10-6-3-7-11-18)31(25)20-14-12-19(26)13-15-20/h2-15,22H,16H2,1H3,(H,27,33)(H,28,32). The van der Waals surface area contributed by atoms with E-state index < -0.39 is 6.04 Å². The predicted octanol–water partition coefficient (Wildman–Crippen LogP) is 4.28. The van der Waals surface area contributed by atoms with Gasteiger partial charge in [-0.25, -0.2) is 0 Å². The molecule has 0 aliphatic heterocycles. The van der Waals surface area contributed by atoms with E-state index in [1.807, 2.05) is 65.2 Å². The summed E-state index contributed by atoms with van der Waals surface area (Å²) in [5.41, 5.74) is 2.42. The van der Waals surface area contributed by atoms with Crippen LogP contribution in [-0.4, -0.2) is 39.4 Å². The van der Waals surface area contributed by atoms with Crippen molar-refractivity contribution in [3.05, 3.63) is 95.5 Å². The van der Waals surface area contributed by atoms with Gasteiger partial charge in [0.15, 0.2) is 11.0 Å². The fourth-order valence-electron chi connectivity index (χ4n) is 3.38. The van der Waals surface area contributed by atoms with Crippen LogP contribution in [0.1, 0.15) is 11.6 Å². The van der Waals surface area contributed by atoms with Crippen LogP contribution in [0.15, 0.2) is 90.1 Å². The number of hydrogen-bond acceptors (Lipinski definition) is 5. The second-order valence-electron chi connectivity index (χ2n) is 7.30. The number of aromatic nitrogens is 3. The topological polar surface area (TPSA) is 88.9 Å². The first-order valence-electron chi connectivity index (χ1n) is 10.5. The lowest BCUT2D eigenvalue weighted by atomic mass is 10.1. The predicted molar refractivity (Wildman–Crippen MR) is 134 cm³/mol. The highest BCUT2D eigenvalue weighted by Crippen LogP contribution is 2.28. The molecule has 1 aromatic heterocycles. The molecule has 0 radical (unpaired) electrons. The minimum Gasteiger partial charge on any atom is -0.357 e. The van der Waals surface area contributed by atoms with Crippen molar-refractivity contribution in [1.82, 2.24) is 25.4 Å². The molecule has 0 spiro atoms. The Morgan fingerprint density at radius 3 is 2.24 bits per heavy atom. The van der Waals surface area contributed by atoms with Crippen molar-refractivity contribution in [2.24, 2.45) is 0 Å². The highest BCUT2D eigenvalue weighted by molar-refractivity contribution is 7.99. The fraction of sp³-hybridized carbons (Fsp3) is 0.120. The maximum atomic E-state index is 12.8. The molecule has 0 aliphatic carbocycles. The van der Waals surface area contributed by atoms with E-state index >= 15 is 0 Å². The smallest absolute Gasteiger partial charge is 0.246 e. The highest BCUT2D eigenvalue weighted by Gasteiger charge is 2.23. The molecule has 0 saturated carbocycles. The molecule has 9 heteroatoms. The van der Waals surface area contributed by atoms with Gasteiger partial charge in [-0.05, 0) is 29.8 Å². The first-order chi connectivity index (χ1) is 16.6. The van der Waals surface area contributed by atoms with E-state index in [9.17, 15) is 9.59 Å². The van der Waals surface area contributed by atoms with Gasteiger partial charge in [0.05, 0.1) is 5.75 Å². The molecule has 0 aliphatic rings. The van der Waals surface area contributed by atoms with Crippen LogP contribution in [0.3, 0.4) is 0 Å². The second-order valence-corrected chi connectivity index (χ2v) is 8.68. The summed E-state index contributed by atoms with van der Waals surface area (Å²) >= 11 is 7.32. The normalized spacial score (nSPS) is 11.6. The number of benzene rings is 3. The molecule has 34 heavy (non-hydrogen) atoms. The fourth-order valence-corrected chi connectivity index (χ4v) is 4.27. The number of rotatable bonds is 8. The highest BCUT2D eigenvalue weighted by atomic mass is 35.5. The zero-order chi connectivity index (χ0) is 23.9. The Balaban J connectivity index is 1.57. The van der Waals surface area contributed by atoms with Crippen LogP contribution in [0.5, 0.6) is 0 Å². The van der Waals surface area contributed by atoms with Gasteiger partial charge in [0, 0.05) is 23.3 Å². The maximum absolute atomic E-state index is 12.8. The Morgan fingerprint density at radius 1 is 0.941 bits per heavy atom. The summed E-state index contributed by atoms with van der Waals surface area (Å²) in [5.74, 6) is 0.119. The van der Waals surface area contributed by atoms with Crippen LogP contribution < -0.4 is 10.6 Å². The van der Waals surface area contributed by atoms with E-state index in [0.29, 0.717) is 21.6 Å². The zero-order valence-corrected chi connectivity index (χ0v) is 19.9. The summed E-state index contributed by atoms with van der Waals surface area (Å²) in [4.78, 5) is 25.2. The van der Waals surface area contributed by atoms with Gasteiger partial charge in [0.2, 0.25) is 11.8 Å². The first-order valence-corrected chi connectivity index (χ1v) is 11.9. The third-order valence-corrected chi connectivity index (χ3v) is 6.21. The average molecular weight is 492 g/mol. The molecule has 3 aromatic carbocycles. The Bertz CT molecular complexity index is 1260. The van der Waals surface area contributed by atoms with Crippen molar-refractivity contribution >= 4 is 35.2 Å². The second kappa shape index (κ2) is 11.0. The van der Waals surface area contributed by atoms with Gasteiger partial charge in [-0.15, -0.1) is 10.2 Å². The Labute approximate surface area is 206 Å². The molecule has 0 fully saturated rings. The molecular formula is C25H22ClN5O2S. The number of thioether (sulfide) groups is 1. The largest absolute Gasteiger partial charge is 0.357 e. The molecule has 4 aromatic rings. The molecule has 1 heterocycles. The lowest BCUT2D eigenvalue weighted by Crippen LogP contribution is -2.39. The third kappa shape index (κ3) is 5.47. The SMILES string of the molecule is CNC(=O)C(NC(=O)CSc1nnc(-c2ccccc2)n1-c1ccc(Cl)cc1)c1ccccc1. The van der Waals surface area contributed by atoms with Crippen molar-refractivity contribution in [1.29, 1.82) is 0 Å². The average Bonchev–Trinajstić information content (AvgIpc) is 3.31. The number of nitrogens with zero attached hydrogens (tertiary/aromatic N) is 3. The van der Waals surface area contributed by atoms with Gasteiger partial charge in [0.25, 0.3) is 0 Å². The third-order valence-electron chi connectivity index (χ3n) is 5.03. The van der Waals surface area contributed by atoms with Gasteiger partial charge in [-0.3, -0.25) is 14.2 Å². The number of hydrogen-bond donors (Lipinski definition) is 2. The lowest BCUT2D eigenvalue weighted by Gasteiger charge is -2.17. The number of amides is 2. The van der Waals surface area contributed by atoms with Crippen molar-refractivity contribution in [3.63, 3.8) is 0 Å². The number of nitrogens with one attached hydrogen (secondary N) is 2. The van der Waals surface area contributed by atoms with E-state index in [2.05, 4.69) is 20.8 Å². The number of halogens is 1. The lowest BCUT2D eigenvalue weighted by molar-refractivity contribution is -0.127. The molecule has 0 bridgehead atoms. The van der Waals surface area contributed by atoms with Crippen LogP contribution in [0, 0.1) is 0 Å². The molecule has 172 valence electrons. The van der Waals surface area contributed by atoms with Crippen LogP contribution in [0.25, 0.3) is 17.1 Å². The van der Waals surface area contributed by atoms with E-state index in [4.69, 9.17) is 11.6 Å². The van der Waals surface area contributed by atoms with Gasteiger partial charge in [0.1, 0.15) is 6.04 Å². The van der Waals surface area contributed by atoms with Gasteiger partial charge in [-0.2, -0.15) is 0 Å². The first kappa shape index (κ1) is 23.5. The van der Waals surface area contributed by atoms with E-state index in [1.165, 1.54) is 11.8 Å². The van der Waals surface area contributed by atoms with Gasteiger partial charge in [-0.1, -0.05) is 84.0 Å². The van der Waals surface area contributed by atoms with Crippen molar-refractivity contribution in [3.8, 4) is 17.1 Å². The Kier molecular flexibility index (Phi) is 7.61. The van der Waals surface area contributed by atoms with Crippen molar-refractivity contribution in [2.75, 3.05) is 12.8 Å². The summed E-state index contributed by atoms with van der Waals surface area (Å²) in [7, 11) is 1.54. The minimum atomic E-state index is -0.784. The minimum absolute atomic E-state index is 0.0564. The molecule has 0 saturated heterocycles. The van der Waals surface area contributed by atoms with E-state index in [1.54, 1.807) is 31.3 Å². The van der Waals surface area contributed by atoms with E-state index in [0.717, 1.165) is 11.3 Å². The van der Waals surface area contributed by atoms with Crippen LogP contribution in [0.4, 0.5) is 0 Å². The van der Waals surface area contributed by atoms with Crippen LogP contribution in [-0.2, 0) is 9.59 Å². The molecule has 1 atom stereocenters. The Hall–Kier alpha value is -3.62. The number of carbonyl (C=O) groups excluding carboxylic acids is 2. The Morgan fingerprint density at radius 2 is 1.59 bits per heavy atom. The molecule has 7 nitrogen and oxygen atoms in total. The van der Waals surface area contributed by atoms with Gasteiger partial charge < -0.3 is 10.6 Å². The van der Waals surface area contributed by atoms with Crippen molar-refractivity contribution in [2.45, 2.75) is 11.2 Å². The molecular weight excluding hydrogens is 470 g/mol.